The molecule has 4 N–H and O–H groups in total. The van der Waals surface area contributed by atoms with E-state index < -0.39 is 37.0 Å². The fraction of sp³-hybridized carbons (Fsp3) is 0.625. The second-order valence-electron chi connectivity index (χ2n) is 2.99. The Kier molecular flexibility index (Phi) is 5.14. The van der Waals surface area contributed by atoms with Gasteiger partial charge in [0.15, 0.2) is 5.76 Å². The van der Waals surface area contributed by atoms with Gasteiger partial charge in [0, 0.05) is 0 Å². The number of aliphatic hydroxyl groups excluding tert-OH is 3. The van der Waals surface area contributed by atoms with Crippen LogP contribution in [0.5, 0.6) is 0 Å². The highest BCUT2D eigenvalue weighted by Crippen LogP contribution is 2.16. The Balaban J connectivity index is 4.19. The number of carbonyl (C=O) groups is 1. The van der Waals surface area contributed by atoms with E-state index in [0.717, 1.165) is 0 Å². The summed E-state index contributed by atoms with van der Waals surface area (Å²) in [4.78, 5) is 10.3. The predicted molar refractivity (Wildman–Crippen MR) is 46.4 cm³/mol. The molecule has 0 aromatic heterocycles. The van der Waals surface area contributed by atoms with Gasteiger partial charge in [0.2, 0.25) is 0 Å². The van der Waals surface area contributed by atoms with Crippen molar-refractivity contribution < 1.29 is 30.0 Å². The summed E-state index contributed by atoms with van der Waals surface area (Å²) < 4.78 is 4.67. The molecular weight excluding hydrogens is 192 g/mol. The molecule has 0 aromatic carbocycles. The number of rotatable bonds is 7. The van der Waals surface area contributed by atoms with E-state index in [-0.39, 0.29) is 6.61 Å². The molecular formula is C8H14O6. The van der Waals surface area contributed by atoms with Crippen LogP contribution in [0.4, 0.5) is 0 Å². The molecule has 14 heavy (non-hydrogen) atoms. The number of aliphatic hydroxyl groups is 3. The van der Waals surface area contributed by atoms with Gasteiger partial charge in [-0.3, -0.25) is 0 Å². The Bertz CT molecular complexity index is 200. The third-order valence-electron chi connectivity index (χ3n) is 1.80. The Morgan fingerprint density at radius 1 is 1.21 bits per heavy atom. The highest BCUT2D eigenvalue weighted by atomic mass is 16.5. The molecule has 0 aromatic rings. The number of aliphatic carboxylic acids is 1. The van der Waals surface area contributed by atoms with Crippen LogP contribution in [0.25, 0.3) is 0 Å². The summed E-state index contributed by atoms with van der Waals surface area (Å²) in [5.41, 5.74) is -1.24. The predicted octanol–water partition coefficient (Wildman–Crippen LogP) is -1.44. The zero-order chi connectivity index (χ0) is 11.2. The maximum absolute atomic E-state index is 10.3. The van der Waals surface area contributed by atoms with Gasteiger partial charge in [-0.2, -0.15) is 0 Å². The van der Waals surface area contributed by atoms with Crippen molar-refractivity contribution in [2.45, 2.75) is 0 Å². The van der Waals surface area contributed by atoms with Crippen LogP contribution in [-0.4, -0.2) is 52.8 Å². The molecule has 0 spiro atoms. The van der Waals surface area contributed by atoms with Crippen LogP contribution in [0.15, 0.2) is 12.3 Å². The minimum Gasteiger partial charge on any atom is -0.486 e. The van der Waals surface area contributed by atoms with Crippen LogP contribution in [-0.2, 0) is 9.53 Å². The first kappa shape index (κ1) is 12.9. The topological polar surface area (TPSA) is 107 Å². The van der Waals surface area contributed by atoms with Gasteiger partial charge in [-0.25, -0.2) is 4.79 Å². The van der Waals surface area contributed by atoms with Crippen molar-refractivity contribution in [3.8, 4) is 0 Å². The summed E-state index contributed by atoms with van der Waals surface area (Å²) >= 11 is 0. The van der Waals surface area contributed by atoms with E-state index in [1.165, 1.54) is 0 Å². The molecule has 0 radical (unpaired) electrons. The van der Waals surface area contributed by atoms with Gasteiger partial charge in [-0.15, -0.1) is 0 Å². The van der Waals surface area contributed by atoms with Gasteiger partial charge >= 0.3 is 5.97 Å². The molecule has 0 unspecified atom stereocenters. The molecule has 0 amide bonds. The van der Waals surface area contributed by atoms with Crippen molar-refractivity contribution in [2.24, 2.45) is 5.41 Å². The largest absolute Gasteiger partial charge is 0.486 e. The molecule has 0 heterocycles. The third kappa shape index (κ3) is 3.33. The van der Waals surface area contributed by atoms with Gasteiger partial charge < -0.3 is 25.2 Å². The summed E-state index contributed by atoms with van der Waals surface area (Å²) in [5.74, 6) is -1.82. The molecule has 0 saturated carbocycles. The van der Waals surface area contributed by atoms with Crippen molar-refractivity contribution in [3.63, 3.8) is 0 Å². The Morgan fingerprint density at radius 3 is 1.93 bits per heavy atom. The van der Waals surface area contributed by atoms with Gasteiger partial charge in [0.05, 0.1) is 25.2 Å². The van der Waals surface area contributed by atoms with Crippen molar-refractivity contribution in [1.29, 1.82) is 0 Å². The molecule has 82 valence electrons. The van der Waals surface area contributed by atoms with E-state index in [9.17, 15) is 4.79 Å². The van der Waals surface area contributed by atoms with Crippen LogP contribution in [0.3, 0.4) is 0 Å². The van der Waals surface area contributed by atoms with E-state index in [4.69, 9.17) is 20.4 Å². The summed E-state index contributed by atoms with van der Waals surface area (Å²) in [6.45, 7) is 1.27. The molecule has 0 saturated heterocycles. The first-order valence-electron chi connectivity index (χ1n) is 3.89. The minimum atomic E-state index is -1.33. The average Bonchev–Trinajstić information content (AvgIpc) is 2.20. The van der Waals surface area contributed by atoms with E-state index in [1.807, 2.05) is 0 Å². The van der Waals surface area contributed by atoms with Crippen molar-refractivity contribution in [2.75, 3.05) is 26.4 Å². The normalized spacial score (nSPS) is 11.1. The summed E-state index contributed by atoms with van der Waals surface area (Å²) in [6.07, 6.45) is 0. The molecule has 0 rings (SSSR count). The molecule has 0 aliphatic rings. The van der Waals surface area contributed by atoms with Crippen molar-refractivity contribution in [1.82, 2.24) is 0 Å². The van der Waals surface area contributed by atoms with Crippen LogP contribution in [0.1, 0.15) is 0 Å². The Morgan fingerprint density at radius 2 is 1.64 bits per heavy atom. The van der Waals surface area contributed by atoms with E-state index in [1.54, 1.807) is 0 Å². The maximum Gasteiger partial charge on any atom is 0.370 e. The molecule has 0 aliphatic heterocycles. The lowest BCUT2D eigenvalue weighted by Crippen LogP contribution is -2.38. The second kappa shape index (κ2) is 5.58. The number of carboxylic acid groups (broad SMARTS) is 1. The lowest BCUT2D eigenvalue weighted by molar-refractivity contribution is -0.138. The molecule has 0 aliphatic carbocycles. The lowest BCUT2D eigenvalue weighted by atomic mass is 9.93. The minimum absolute atomic E-state index is 0.304. The van der Waals surface area contributed by atoms with Gasteiger partial charge in [0.25, 0.3) is 0 Å². The summed E-state index contributed by atoms with van der Waals surface area (Å²) in [5, 5.41) is 34.9. The highest BCUT2D eigenvalue weighted by Gasteiger charge is 2.29. The smallest absolute Gasteiger partial charge is 0.370 e. The maximum atomic E-state index is 10.3. The quantitative estimate of drug-likeness (QED) is 0.300. The Labute approximate surface area is 81.1 Å². The molecule has 0 bridgehead atoms. The average molecular weight is 206 g/mol. The number of hydrogen-bond acceptors (Lipinski definition) is 5. The van der Waals surface area contributed by atoms with Crippen LogP contribution in [0, 0.1) is 5.41 Å². The SMILES string of the molecule is C=C(OCC(CO)(CO)CO)C(=O)O. The van der Waals surface area contributed by atoms with Crippen LogP contribution >= 0.6 is 0 Å². The van der Waals surface area contributed by atoms with Gasteiger partial charge in [0.1, 0.15) is 6.61 Å². The summed E-state index contributed by atoms with van der Waals surface area (Å²) in [6, 6.07) is 0. The zero-order valence-corrected chi connectivity index (χ0v) is 7.64. The first-order chi connectivity index (χ1) is 6.51. The third-order valence-corrected chi connectivity index (χ3v) is 1.80. The first-order valence-corrected chi connectivity index (χ1v) is 3.89. The second-order valence-corrected chi connectivity index (χ2v) is 2.99. The fourth-order valence-corrected chi connectivity index (χ4v) is 0.589. The number of hydrogen-bond donors (Lipinski definition) is 4. The van der Waals surface area contributed by atoms with E-state index in [2.05, 4.69) is 11.3 Å². The van der Waals surface area contributed by atoms with E-state index in [0.29, 0.717) is 0 Å². The Hall–Kier alpha value is -1.11. The van der Waals surface area contributed by atoms with Crippen LogP contribution in [0.2, 0.25) is 0 Å². The molecule has 0 fully saturated rings. The fourth-order valence-electron chi connectivity index (χ4n) is 0.589. The zero-order valence-electron chi connectivity index (χ0n) is 7.64. The summed E-state index contributed by atoms with van der Waals surface area (Å²) in [7, 11) is 0. The number of carboxylic acids is 1. The van der Waals surface area contributed by atoms with Gasteiger partial charge in [-0.05, 0) is 6.58 Å². The van der Waals surface area contributed by atoms with Gasteiger partial charge in [-0.1, -0.05) is 0 Å². The molecule has 6 heteroatoms. The monoisotopic (exact) mass is 206 g/mol. The van der Waals surface area contributed by atoms with E-state index >= 15 is 0 Å². The standard InChI is InChI=1S/C8H14O6/c1-6(7(12)13)14-5-8(2-9,3-10)4-11/h9-11H,1-5H2,(H,12,13). The van der Waals surface area contributed by atoms with Crippen molar-refractivity contribution >= 4 is 5.97 Å². The molecule has 0 atom stereocenters. The number of ether oxygens (including phenoxy) is 1. The highest BCUT2D eigenvalue weighted by molar-refractivity contribution is 5.83. The lowest BCUT2D eigenvalue weighted by Gasteiger charge is -2.26. The van der Waals surface area contributed by atoms with Crippen molar-refractivity contribution in [3.05, 3.63) is 12.3 Å². The van der Waals surface area contributed by atoms with Crippen LogP contribution < -0.4 is 0 Å². The molecule has 6 nitrogen and oxygen atoms in total.